The average molecular weight is 344 g/mol. The molecule has 6 nitrogen and oxygen atoms in total. The highest BCUT2D eigenvalue weighted by Crippen LogP contribution is 2.36. The van der Waals surface area contributed by atoms with Crippen LogP contribution in [0.3, 0.4) is 0 Å². The molecule has 1 aliphatic rings. The van der Waals surface area contributed by atoms with Crippen molar-refractivity contribution < 1.29 is 4.74 Å². The zero-order valence-electron chi connectivity index (χ0n) is 14.2. The summed E-state index contributed by atoms with van der Waals surface area (Å²) in [5.41, 5.74) is 4.77. The van der Waals surface area contributed by atoms with Crippen molar-refractivity contribution in [3.8, 4) is 22.7 Å². The zero-order valence-corrected chi connectivity index (χ0v) is 14.2. The number of pyridine rings is 1. The Hall–Kier alpha value is -3.41. The Kier molecular flexibility index (Phi) is 3.18. The first-order valence-corrected chi connectivity index (χ1v) is 8.51. The van der Waals surface area contributed by atoms with Crippen molar-refractivity contribution in [2.75, 3.05) is 6.61 Å². The molecule has 0 saturated heterocycles. The summed E-state index contributed by atoms with van der Waals surface area (Å²) in [5.74, 6) is 1.43. The van der Waals surface area contributed by atoms with Crippen LogP contribution in [0.5, 0.6) is 5.75 Å². The predicted octanol–water partition coefficient (Wildman–Crippen LogP) is 2.79. The maximum absolute atomic E-state index is 13.0. The third kappa shape index (κ3) is 2.08. The summed E-state index contributed by atoms with van der Waals surface area (Å²) in [6.07, 6.45) is 4.23. The highest BCUT2D eigenvalue weighted by atomic mass is 16.5. The van der Waals surface area contributed by atoms with E-state index in [0.29, 0.717) is 12.4 Å². The van der Waals surface area contributed by atoms with Gasteiger partial charge in [0.2, 0.25) is 0 Å². The van der Waals surface area contributed by atoms with Crippen molar-refractivity contribution in [2.45, 2.75) is 13.3 Å². The fraction of sp³-hybridized carbons (Fsp3) is 0.150. The van der Waals surface area contributed by atoms with E-state index in [1.54, 1.807) is 22.9 Å². The number of ether oxygens (including phenoxy) is 1. The summed E-state index contributed by atoms with van der Waals surface area (Å²) in [7, 11) is 0. The van der Waals surface area contributed by atoms with Gasteiger partial charge in [0.25, 0.3) is 0 Å². The summed E-state index contributed by atoms with van der Waals surface area (Å²) >= 11 is 0. The average Bonchev–Trinajstić information content (AvgIpc) is 3.27. The molecule has 0 bridgehead atoms. The van der Waals surface area contributed by atoms with Crippen LogP contribution in [0, 0.1) is 6.92 Å². The van der Waals surface area contributed by atoms with Crippen molar-refractivity contribution in [2.24, 2.45) is 0 Å². The molecular formula is C20H16N4O2. The quantitative estimate of drug-likeness (QED) is 0.561. The fourth-order valence-corrected chi connectivity index (χ4v) is 3.62. The number of benzene rings is 1. The second kappa shape index (κ2) is 5.56. The van der Waals surface area contributed by atoms with E-state index in [0.717, 1.165) is 34.5 Å². The Morgan fingerprint density at radius 1 is 1.12 bits per heavy atom. The molecule has 4 aromatic rings. The van der Waals surface area contributed by atoms with E-state index >= 15 is 0 Å². The molecule has 3 aromatic heterocycles. The fourth-order valence-electron chi connectivity index (χ4n) is 3.62. The lowest BCUT2D eigenvalue weighted by molar-refractivity contribution is 0.357. The first kappa shape index (κ1) is 14.9. The molecule has 0 atom stereocenters. The molecule has 0 amide bonds. The number of aromatic nitrogens is 4. The lowest BCUT2D eigenvalue weighted by Gasteiger charge is -2.07. The minimum absolute atomic E-state index is 0.228. The molecule has 128 valence electrons. The molecule has 5 rings (SSSR count). The van der Waals surface area contributed by atoms with Gasteiger partial charge in [0.1, 0.15) is 5.75 Å². The van der Waals surface area contributed by atoms with E-state index < -0.39 is 0 Å². The Morgan fingerprint density at radius 2 is 2.04 bits per heavy atom. The van der Waals surface area contributed by atoms with E-state index in [2.05, 4.69) is 16.1 Å². The second-order valence-electron chi connectivity index (χ2n) is 6.31. The highest BCUT2D eigenvalue weighted by molar-refractivity contribution is 5.77. The van der Waals surface area contributed by atoms with Crippen molar-refractivity contribution in [3.05, 3.63) is 76.6 Å². The van der Waals surface area contributed by atoms with Crippen LogP contribution >= 0.6 is 0 Å². The smallest absolute Gasteiger partial charge is 0.355 e. The number of rotatable bonds is 2. The number of fused-ring (bicyclic) bond motifs is 2. The molecule has 0 N–H and O–H groups in total. The Labute approximate surface area is 149 Å². The summed E-state index contributed by atoms with van der Waals surface area (Å²) in [6.45, 7) is 2.66. The normalized spacial score (nSPS) is 13.0. The van der Waals surface area contributed by atoms with Crippen LogP contribution in [0.2, 0.25) is 0 Å². The Morgan fingerprint density at radius 3 is 2.88 bits per heavy atom. The van der Waals surface area contributed by atoms with Gasteiger partial charge in [-0.25, -0.2) is 9.78 Å². The van der Waals surface area contributed by atoms with Gasteiger partial charge in [0, 0.05) is 29.4 Å². The number of aryl methyl sites for hydroxylation is 1. The van der Waals surface area contributed by atoms with Crippen LogP contribution in [0.15, 0.2) is 59.7 Å². The van der Waals surface area contributed by atoms with Gasteiger partial charge >= 0.3 is 5.69 Å². The molecular weight excluding hydrogens is 328 g/mol. The van der Waals surface area contributed by atoms with Gasteiger partial charge in [-0.3, -0.25) is 4.40 Å². The van der Waals surface area contributed by atoms with E-state index in [1.165, 1.54) is 10.2 Å². The number of nitrogens with zero attached hydrogens (tertiary/aromatic N) is 4. The Bertz CT molecular complexity index is 1190. The van der Waals surface area contributed by atoms with Gasteiger partial charge in [-0.05, 0) is 36.8 Å². The van der Waals surface area contributed by atoms with E-state index in [1.807, 2.05) is 37.3 Å². The molecule has 6 heteroatoms. The van der Waals surface area contributed by atoms with E-state index in [4.69, 9.17) is 4.74 Å². The first-order valence-electron chi connectivity index (χ1n) is 8.51. The lowest BCUT2D eigenvalue weighted by atomic mass is 9.98. The highest BCUT2D eigenvalue weighted by Gasteiger charge is 2.20. The third-order valence-electron chi connectivity index (χ3n) is 4.85. The van der Waals surface area contributed by atoms with E-state index in [-0.39, 0.29) is 5.69 Å². The summed E-state index contributed by atoms with van der Waals surface area (Å²) in [5, 5.41) is 4.29. The summed E-state index contributed by atoms with van der Waals surface area (Å²) < 4.78 is 8.69. The molecule has 0 unspecified atom stereocenters. The van der Waals surface area contributed by atoms with Crippen LogP contribution in [-0.4, -0.2) is 25.8 Å². The standard InChI is InChI=1S/C20H16N4O2/c1-13-17(15-5-4-6-18-16(15)8-10-26-18)11-14-12-22-24(20(25)23(13)14)19-7-2-3-9-21-19/h2-7,9,11-12H,8,10H2,1H3. The molecule has 0 saturated carbocycles. The van der Waals surface area contributed by atoms with Gasteiger partial charge in [-0.2, -0.15) is 9.78 Å². The molecule has 4 heterocycles. The number of hydrogen-bond donors (Lipinski definition) is 0. The van der Waals surface area contributed by atoms with Gasteiger partial charge in [0.15, 0.2) is 5.82 Å². The van der Waals surface area contributed by atoms with Gasteiger partial charge in [0.05, 0.1) is 18.3 Å². The summed E-state index contributed by atoms with van der Waals surface area (Å²) in [6, 6.07) is 13.5. The maximum atomic E-state index is 13.0. The molecule has 0 radical (unpaired) electrons. The van der Waals surface area contributed by atoms with Gasteiger partial charge in [-0.15, -0.1) is 0 Å². The molecule has 1 aromatic carbocycles. The maximum Gasteiger partial charge on any atom is 0.355 e. The van der Waals surface area contributed by atoms with Crippen molar-refractivity contribution in [3.63, 3.8) is 0 Å². The van der Waals surface area contributed by atoms with Crippen LogP contribution < -0.4 is 10.4 Å². The van der Waals surface area contributed by atoms with Crippen LogP contribution in [-0.2, 0) is 6.42 Å². The van der Waals surface area contributed by atoms with Crippen LogP contribution in [0.4, 0.5) is 0 Å². The third-order valence-corrected chi connectivity index (χ3v) is 4.85. The molecule has 0 aliphatic carbocycles. The predicted molar refractivity (Wildman–Crippen MR) is 98.0 cm³/mol. The van der Waals surface area contributed by atoms with Crippen molar-refractivity contribution in [1.29, 1.82) is 0 Å². The van der Waals surface area contributed by atoms with Crippen LogP contribution in [0.1, 0.15) is 11.3 Å². The largest absolute Gasteiger partial charge is 0.493 e. The Balaban J connectivity index is 1.76. The first-order chi connectivity index (χ1) is 12.7. The molecule has 1 aliphatic heterocycles. The minimum Gasteiger partial charge on any atom is -0.493 e. The van der Waals surface area contributed by atoms with E-state index in [9.17, 15) is 4.79 Å². The van der Waals surface area contributed by atoms with Crippen molar-refractivity contribution >= 4 is 5.52 Å². The monoisotopic (exact) mass is 344 g/mol. The minimum atomic E-state index is -0.228. The van der Waals surface area contributed by atoms with Crippen LogP contribution in [0.25, 0.3) is 22.5 Å². The topological polar surface area (TPSA) is 61.4 Å². The van der Waals surface area contributed by atoms with Crippen molar-refractivity contribution in [1.82, 2.24) is 19.2 Å². The lowest BCUT2D eigenvalue weighted by Crippen LogP contribution is -2.28. The molecule has 0 fully saturated rings. The zero-order chi connectivity index (χ0) is 17.7. The SMILES string of the molecule is Cc1c(-c2cccc3c2CCO3)cc2cnn(-c3ccccn3)c(=O)n12. The van der Waals surface area contributed by atoms with Gasteiger partial charge < -0.3 is 4.74 Å². The summed E-state index contributed by atoms with van der Waals surface area (Å²) in [4.78, 5) is 17.3. The van der Waals surface area contributed by atoms with Gasteiger partial charge in [-0.1, -0.05) is 18.2 Å². The molecule has 26 heavy (non-hydrogen) atoms. The second-order valence-corrected chi connectivity index (χ2v) is 6.31. The molecule has 0 spiro atoms. The number of hydrogen-bond acceptors (Lipinski definition) is 4.